The zero-order valence-corrected chi connectivity index (χ0v) is 15.1. The Morgan fingerprint density at radius 3 is 2.31 bits per heavy atom. The molecule has 1 fully saturated rings. The number of aromatic nitrogens is 2. The fraction of sp³-hybridized carbons (Fsp3) is 0.381. The van der Waals surface area contributed by atoms with Gasteiger partial charge in [0.25, 0.3) is 0 Å². The Morgan fingerprint density at radius 2 is 1.50 bits per heavy atom. The Balaban J connectivity index is 1.25. The molecule has 26 heavy (non-hydrogen) atoms. The molecule has 1 saturated heterocycles. The Labute approximate surface area is 153 Å². The fourth-order valence-electron chi connectivity index (χ4n) is 3.79. The van der Waals surface area contributed by atoms with Gasteiger partial charge in [0.15, 0.2) is 0 Å². The van der Waals surface area contributed by atoms with Gasteiger partial charge >= 0.3 is 5.69 Å². The number of para-hydroxylation sites is 2. The van der Waals surface area contributed by atoms with Gasteiger partial charge in [0, 0.05) is 39.3 Å². The Morgan fingerprint density at radius 1 is 0.808 bits per heavy atom. The van der Waals surface area contributed by atoms with Crippen molar-refractivity contribution in [3.05, 3.63) is 70.6 Å². The molecule has 0 amide bonds. The summed E-state index contributed by atoms with van der Waals surface area (Å²) in [6, 6.07) is 18.6. The maximum atomic E-state index is 12.1. The van der Waals surface area contributed by atoms with Gasteiger partial charge in [-0.05, 0) is 30.7 Å². The number of rotatable bonds is 6. The maximum absolute atomic E-state index is 12.1. The van der Waals surface area contributed by atoms with Crippen LogP contribution in [0.3, 0.4) is 0 Å². The van der Waals surface area contributed by atoms with Crippen LogP contribution in [0.4, 0.5) is 0 Å². The highest BCUT2D eigenvalue weighted by Gasteiger charge is 2.16. The van der Waals surface area contributed by atoms with E-state index in [0.717, 1.165) is 63.3 Å². The molecule has 0 aliphatic carbocycles. The molecule has 1 aliphatic rings. The highest BCUT2D eigenvalue weighted by atomic mass is 16.1. The summed E-state index contributed by atoms with van der Waals surface area (Å²) in [5.41, 5.74) is 3.32. The summed E-state index contributed by atoms with van der Waals surface area (Å²) in [6.45, 7) is 7.30. The molecule has 5 heteroatoms. The first kappa shape index (κ1) is 17.1. The second-order valence-corrected chi connectivity index (χ2v) is 7.06. The molecule has 5 nitrogen and oxygen atoms in total. The normalized spacial score (nSPS) is 16.3. The van der Waals surface area contributed by atoms with Gasteiger partial charge < -0.3 is 9.88 Å². The van der Waals surface area contributed by atoms with Gasteiger partial charge in [-0.1, -0.05) is 42.5 Å². The third-order valence-corrected chi connectivity index (χ3v) is 5.25. The van der Waals surface area contributed by atoms with Crippen LogP contribution in [0.2, 0.25) is 0 Å². The highest BCUT2D eigenvalue weighted by Crippen LogP contribution is 2.11. The Kier molecular flexibility index (Phi) is 5.18. The minimum Gasteiger partial charge on any atom is -0.306 e. The molecule has 1 aliphatic heterocycles. The molecule has 2 aromatic carbocycles. The number of H-pyrrole nitrogens is 1. The number of piperazine rings is 1. The van der Waals surface area contributed by atoms with Crippen molar-refractivity contribution in [2.45, 2.75) is 19.5 Å². The molecule has 3 aromatic rings. The fourth-order valence-corrected chi connectivity index (χ4v) is 3.79. The smallest absolute Gasteiger partial charge is 0.306 e. The average Bonchev–Trinajstić information content (AvgIpc) is 2.99. The number of nitrogens with one attached hydrogen (secondary N) is 1. The topological polar surface area (TPSA) is 44.3 Å². The second-order valence-electron chi connectivity index (χ2n) is 7.06. The van der Waals surface area contributed by atoms with Crippen LogP contribution in [0.5, 0.6) is 0 Å². The molecule has 0 spiro atoms. The Hall–Kier alpha value is -2.37. The van der Waals surface area contributed by atoms with Crippen molar-refractivity contribution >= 4 is 11.0 Å². The van der Waals surface area contributed by atoms with Crippen LogP contribution >= 0.6 is 0 Å². The first-order chi connectivity index (χ1) is 12.8. The summed E-state index contributed by atoms with van der Waals surface area (Å²) in [6.07, 6.45) is 1.00. The first-order valence-corrected chi connectivity index (χ1v) is 9.46. The van der Waals surface area contributed by atoms with Gasteiger partial charge in [0.05, 0.1) is 11.0 Å². The minimum absolute atomic E-state index is 0.00104. The standard InChI is InChI=1S/C21H26N4O/c26-21-22-19-9-4-5-10-20(19)25(21)12-6-11-23-13-15-24(16-14-23)17-18-7-2-1-3-8-18/h1-5,7-10H,6,11-17H2,(H,22,26). The van der Waals surface area contributed by atoms with Crippen molar-refractivity contribution in [2.24, 2.45) is 0 Å². The molecule has 0 bridgehead atoms. The number of hydrogen-bond donors (Lipinski definition) is 1. The van der Waals surface area contributed by atoms with E-state index in [-0.39, 0.29) is 5.69 Å². The van der Waals surface area contributed by atoms with Crippen LogP contribution in [0.15, 0.2) is 59.4 Å². The maximum Gasteiger partial charge on any atom is 0.326 e. The Bertz CT molecular complexity index is 891. The van der Waals surface area contributed by atoms with Crippen molar-refractivity contribution in [3.8, 4) is 0 Å². The number of fused-ring (bicyclic) bond motifs is 1. The second kappa shape index (κ2) is 7.89. The number of nitrogens with zero attached hydrogens (tertiary/aromatic N) is 3. The van der Waals surface area contributed by atoms with Crippen molar-refractivity contribution in [2.75, 3.05) is 32.7 Å². The molecule has 0 saturated carbocycles. The highest BCUT2D eigenvalue weighted by molar-refractivity contribution is 5.74. The number of imidazole rings is 1. The lowest BCUT2D eigenvalue weighted by Crippen LogP contribution is -2.46. The van der Waals surface area contributed by atoms with E-state index in [1.54, 1.807) is 0 Å². The van der Waals surface area contributed by atoms with E-state index in [1.807, 2.05) is 28.8 Å². The quantitative estimate of drug-likeness (QED) is 0.743. The van der Waals surface area contributed by atoms with Gasteiger partial charge in [-0.3, -0.25) is 9.47 Å². The predicted molar refractivity (Wildman–Crippen MR) is 105 cm³/mol. The summed E-state index contributed by atoms with van der Waals surface area (Å²) < 4.78 is 1.86. The third-order valence-electron chi connectivity index (χ3n) is 5.25. The summed E-state index contributed by atoms with van der Waals surface area (Å²) in [5.74, 6) is 0. The number of aromatic amines is 1. The van der Waals surface area contributed by atoms with Crippen LogP contribution in [-0.2, 0) is 13.1 Å². The van der Waals surface area contributed by atoms with Crippen molar-refractivity contribution in [1.82, 2.24) is 19.4 Å². The molecule has 4 rings (SSSR count). The SMILES string of the molecule is O=c1[nH]c2ccccc2n1CCCN1CCN(Cc2ccccc2)CC1. The minimum atomic E-state index is -0.00104. The molecule has 1 aromatic heterocycles. The van der Waals surface area contributed by atoms with E-state index in [9.17, 15) is 4.79 Å². The van der Waals surface area contributed by atoms with E-state index in [4.69, 9.17) is 0 Å². The molecule has 136 valence electrons. The molecule has 1 N–H and O–H groups in total. The van der Waals surface area contributed by atoms with Crippen LogP contribution in [0, 0.1) is 0 Å². The van der Waals surface area contributed by atoms with E-state index in [2.05, 4.69) is 45.1 Å². The van der Waals surface area contributed by atoms with Crippen LogP contribution in [0.25, 0.3) is 11.0 Å². The predicted octanol–water partition coefficient (Wildman–Crippen LogP) is 2.54. The van der Waals surface area contributed by atoms with Crippen LogP contribution < -0.4 is 5.69 Å². The van der Waals surface area contributed by atoms with Gasteiger partial charge in [0.2, 0.25) is 0 Å². The molecule has 0 atom stereocenters. The third kappa shape index (κ3) is 3.89. The van der Waals surface area contributed by atoms with Crippen LogP contribution in [0.1, 0.15) is 12.0 Å². The summed E-state index contributed by atoms with van der Waals surface area (Å²) >= 11 is 0. The van der Waals surface area contributed by atoms with Gasteiger partial charge in [-0.2, -0.15) is 0 Å². The van der Waals surface area contributed by atoms with E-state index < -0.39 is 0 Å². The summed E-state index contributed by atoms with van der Waals surface area (Å²) in [4.78, 5) is 20.1. The van der Waals surface area contributed by atoms with Crippen molar-refractivity contribution in [1.29, 1.82) is 0 Å². The zero-order valence-electron chi connectivity index (χ0n) is 15.1. The molecule has 0 radical (unpaired) electrons. The van der Waals surface area contributed by atoms with E-state index in [1.165, 1.54) is 5.56 Å². The van der Waals surface area contributed by atoms with Gasteiger partial charge in [-0.25, -0.2) is 4.79 Å². The lowest BCUT2D eigenvalue weighted by atomic mass is 10.2. The van der Waals surface area contributed by atoms with E-state index in [0.29, 0.717) is 0 Å². The lowest BCUT2D eigenvalue weighted by Gasteiger charge is -2.34. The van der Waals surface area contributed by atoms with Crippen LogP contribution in [-0.4, -0.2) is 52.1 Å². The van der Waals surface area contributed by atoms with E-state index >= 15 is 0 Å². The number of benzene rings is 2. The summed E-state index contributed by atoms with van der Waals surface area (Å²) in [7, 11) is 0. The monoisotopic (exact) mass is 350 g/mol. The molecular formula is C21H26N4O. The number of aryl methyl sites for hydroxylation is 1. The lowest BCUT2D eigenvalue weighted by molar-refractivity contribution is 0.125. The zero-order chi connectivity index (χ0) is 17.8. The first-order valence-electron chi connectivity index (χ1n) is 9.46. The summed E-state index contributed by atoms with van der Waals surface area (Å²) in [5, 5.41) is 0. The van der Waals surface area contributed by atoms with Gasteiger partial charge in [-0.15, -0.1) is 0 Å². The average molecular weight is 350 g/mol. The molecule has 2 heterocycles. The largest absolute Gasteiger partial charge is 0.326 e. The molecule has 0 unspecified atom stereocenters. The molecular weight excluding hydrogens is 324 g/mol. The van der Waals surface area contributed by atoms with Crippen molar-refractivity contribution < 1.29 is 0 Å². The van der Waals surface area contributed by atoms with Gasteiger partial charge in [0.1, 0.15) is 0 Å². The van der Waals surface area contributed by atoms with Crippen molar-refractivity contribution in [3.63, 3.8) is 0 Å². The number of hydrogen-bond acceptors (Lipinski definition) is 3.